The number of aromatic nitrogens is 4. The Kier molecular flexibility index (Phi) is 5.34. The predicted molar refractivity (Wildman–Crippen MR) is 137 cm³/mol. The summed E-state index contributed by atoms with van der Waals surface area (Å²) in [4.78, 5) is 23.9. The van der Waals surface area contributed by atoms with Crippen LogP contribution in [0.15, 0.2) is 59.3 Å². The molecule has 1 saturated carbocycles. The van der Waals surface area contributed by atoms with Gasteiger partial charge in [0.15, 0.2) is 5.65 Å². The van der Waals surface area contributed by atoms with Crippen LogP contribution in [0.2, 0.25) is 0 Å². The highest BCUT2D eigenvalue weighted by Gasteiger charge is 2.50. The van der Waals surface area contributed by atoms with Gasteiger partial charge in [-0.1, -0.05) is 36.4 Å². The van der Waals surface area contributed by atoms with E-state index in [2.05, 4.69) is 26.0 Å². The number of pyridine rings is 1. The van der Waals surface area contributed by atoms with Gasteiger partial charge in [-0.3, -0.25) is 9.78 Å². The zero-order valence-electron chi connectivity index (χ0n) is 19.1. The van der Waals surface area contributed by atoms with Crippen molar-refractivity contribution in [3.05, 3.63) is 65.0 Å². The van der Waals surface area contributed by atoms with Crippen LogP contribution in [0.4, 0.5) is 5.82 Å². The summed E-state index contributed by atoms with van der Waals surface area (Å²) < 4.78 is 2.39. The molecule has 0 bridgehead atoms. The second kappa shape index (κ2) is 8.42. The van der Waals surface area contributed by atoms with Crippen molar-refractivity contribution in [2.45, 2.75) is 37.2 Å². The molecule has 1 amide bonds. The SMILES string of the molecule is Nc1c(Br)c(C2CCN(C(=O)C3(O)CC3)CC2)nc2c(-c3ccc(-c4ccccc4)nc3)cnn12. The van der Waals surface area contributed by atoms with Crippen LogP contribution < -0.4 is 5.73 Å². The van der Waals surface area contributed by atoms with Crippen LogP contribution in [0.1, 0.15) is 37.3 Å². The number of piperidine rings is 1. The fourth-order valence-corrected chi connectivity index (χ4v) is 5.38. The van der Waals surface area contributed by atoms with Gasteiger partial charge in [0.1, 0.15) is 11.4 Å². The monoisotopic (exact) mass is 532 g/mol. The minimum Gasteiger partial charge on any atom is -0.383 e. The summed E-state index contributed by atoms with van der Waals surface area (Å²) in [7, 11) is 0. The molecular weight excluding hydrogens is 508 g/mol. The highest BCUT2D eigenvalue weighted by Crippen LogP contribution is 2.40. The summed E-state index contributed by atoms with van der Waals surface area (Å²) in [5, 5.41) is 14.7. The Balaban J connectivity index is 1.29. The van der Waals surface area contributed by atoms with Gasteiger partial charge in [-0.15, -0.1) is 0 Å². The smallest absolute Gasteiger partial charge is 0.254 e. The third-order valence-electron chi connectivity index (χ3n) is 7.08. The van der Waals surface area contributed by atoms with Crippen molar-refractivity contribution in [3.63, 3.8) is 0 Å². The number of amides is 1. The molecule has 0 atom stereocenters. The van der Waals surface area contributed by atoms with E-state index in [0.29, 0.717) is 37.4 Å². The zero-order valence-corrected chi connectivity index (χ0v) is 20.6. The van der Waals surface area contributed by atoms with Crippen LogP contribution >= 0.6 is 15.9 Å². The van der Waals surface area contributed by atoms with Crippen LogP contribution in [0, 0.1) is 0 Å². The third kappa shape index (κ3) is 3.88. The highest BCUT2D eigenvalue weighted by atomic mass is 79.9. The van der Waals surface area contributed by atoms with Gasteiger partial charge in [0.05, 0.1) is 22.1 Å². The number of aliphatic hydroxyl groups is 1. The number of nitrogens with two attached hydrogens (primary N) is 1. The number of benzene rings is 1. The average molecular weight is 533 g/mol. The molecule has 2 fully saturated rings. The molecule has 1 aliphatic carbocycles. The molecule has 0 spiro atoms. The molecule has 3 N–H and O–H groups in total. The molecule has 1 aromatic carbocycles. The van der Waals surface area contributed by atoms with E-state index in [9.17, 15) is 9.90 Å². The van der Waals surface area contributed by atoms with Crippen LogP contribution in [-0.2, 0) is 4.79 Å². The standard InChI is InChI=1S/C26H25BrN6O2/c27-21-22(17-8-12-32(13-9-17)25(34)26(35)10-11-26)31-24-19(15-30-33(24)23(21)28)18-6-7-20(29-14-18)16-4-2-1-3-5-16/h1-7,14-15,17,35H,8-13,28H2. The molecule has 3 aromatic heterocycles. The Morgan fingerprint density at radius 2 is 1.80 bits per heavy atom. The molecule has 8 nitrogen and oxygen atoms in total. The summed E-state index contributed by atoms with van der Waals surface area (Å²) in [5.74, 6) is 0.509. The first-order valence-electron chi connectivity index (χ1n) is 11.8. The van der Waals surface area contributed by atoms with Crippen molar-refractivity contribution in [2.24, 2.45) is 0 Å². The molecule has 6 rings (SSSR count). The fourth-order valence-electron chi connectivity index (χ4n) is 4.80. The number of halogens is 1. The molecule has 9 heteroatoms. The summed E-state index contributed by atoms with van der Waals surface area (Å²) in [5.41, 5.74) is 10.6. The normalized spacial score (nSPS) is 17.6. The summed E-state index contributed by atoms with van der Waals surface area (Å²) in [6, 6.07) is 14.1. The van der Waals surface area contributed by atoms with Gasteiger partial charge in [-0.05, 0) is 47.7 Å². The van der Waals surface area contributed by atoms with Gasteiger partial charge in [-0.2, -0.15) is 9.61 Å². The number of nitrogen functional groups attached to an aromatic ring is 1. The number of carbonyl (C=O) groups excluding carboxylic acids is 1. The van der Waals surface area contributed by atoms with Gasteiger partial charge in [0, 0.05) is 41.9 Å². The molecule has 1 saturated heterocycles. The van der Waals surface area contributed by atoms with E-state index in [4.69, 9.17) is 10.7 Å². The molecule has 35 heavy (non-hydrogen) atoms. The number of nitrogens with zero attached hydrogens (tertiary/aromatic N) is 5. The molecule has 0 unspecified atom stereocenters. The fraction of sp³-hybridized carbons (Fsp3) is 0.308. The first kappa shape index (κ1) is 22.2. The van der Waals surface area contributed by atoms with E-state index in [1.807, 2.05) is 48.7 Å². The van der Waals surface area contributed by atoms with Crippen LogP contribution in [-0.4, -0.2) is 54.2 Å². The van der Waals surface area contributed by atoms with Crippen molar-refractivity contribution >= 4 is 33.3 Å². The maximum absolute atomic E-state index is 12.5. The number of carbonyl (C=O) groups is 1. The van der Waals surface area contributed by atoms with Crippen molar-refractivity contribution in [1.82, 2.24) is 24.5 Å². The number of likely N-dealkylation sites (tertiary alicyclic amines) is 1. The van der Waals surface area contributed by atoms with Crippen molar-refractivity contribution < 1.29 is 9.90 Å². The Morgan fingerprint density at radius 3 is 2.46 bits per heavy atom. The molecule has 1 aliphatic heterocycles. The summed E-state index contributed by atoms with van der Waals surface area (Å²) >= 11 is 3.64. The number of fused-ring (bicyclic) bond motifs is 1. The second-order valence-electron chi connectivity index (χ2n) is 9.39. The van der Waals surface area contributed by atoms with Crippen LogP contribution in [0.5, 0.6) is 0 Å². The lowest BCUT2D eigenvalue weighted by Gasteiger charge is -2.33. The Morgan fingerprint density at radius 1 is 1.06 bits per heavy atom. The topological polar surface area (TPSA) is 110 Å². The number of rotatable bonds is 4. The molecular formula is C26H25BrN6O2. The van der Waals surface area contributed by atoms with Crippen molar-refractivity contribution in [2.75, 3.05) is 18.8 Å². The van der Waals surface area contributed by atoms with E-state index in [1.165, 1.54) is 0 Å². The van der Waals surface area contributed by atoms with E-state index in [1.54, 1.807) is 15.6 Å². The van der Waals surface area contributed by atoms with Crippen molar-refractivity contribution in [3.8, 4) is 22.4 Å². The highest BCUT2D eigenvalue weighted by molar-refractivity contribution is 9.10. The van der Waals surface area contributed by atoms with E-state index in [-0.39, 0.29) is 11.8 Å². The largest absolute Gasteiger partial charge is 0.383 e. The van der Waals surface area contributed by atoms with E-state index >= 15 is 0 Å². The minimum atomic E-state index is -1.12. The van der Waals surface area contributed by atoms with Crippen molar-refractivity contribution in [1.29, 1.82) is 0 Å². The first-order valence-corrected chi connectivity index (χ1v) is 12.6. The molecule has 2 aliphatic rings. The third-order valence-corrected chi connectivity index (χ3v) is 7.90. The lowest BCUT2D eigenvalue weighted by Crippen LogP contribution is -2.44. The Hall–Kier alpha value is -3.30. The van der Waals surface area contributed by atoms with Gasteiger partial charge < -0.3 is 15.7 Å². The zero-order chi connectivity index (χ0) is 24.2. The van der Waals surface area contributed by atoms with Gasteiger partial charge >= 0.3 is 0 Å². The quantitative estimate of drug-likeness (QED) is 0.410. The number of hydrogen-bond acceptors (Lipinski definition) is 6. The summed E-state index contributed by atoms with van der Waals surface area (Å²) in [6.45, 7) is 1.20. The van der Waals surface area contributed by atoms with E-state index in [0.717, 1.165) is 45.4 Å². The van der Waals surface area contributed by atoms with Crippen LogP contribution in [0.25, 0.3) is 28.0 Å². The molecule has 4 aromatic rings. The second-order valence-corrected chi connectivity index (χ2v) is 10.2. The Labute approximate surface area is 210 Å². The average Bonchev–Trinajstić information content (AvgIpc) is 3.51. The lowest BCUT2D eigenvalue weighted by atomic mass is 9.92. The Bertz CT molecular complexity index is 1410. The molecule has 0 radical (unpaired) electrons. The molecule has 4 heterocycles. The maximum atomic E-state index is 12.5. The van der Waals surface area contributed by atoms with Gasteiger partial charge in [0.2, 0.25) is 0 Å². The predicted octanol–water partition coefficient (Wildman–Crippen LogP) is 4.03. The van der Waals surface area contributed by atoms with Crippen LogP contribution in [0.3, 0.4) is 0 Å². The number of hydrogen-bond donors (Lipinski definition) is 2. The van der Waals surface area contributed by atoms with Gasteiger partial charge in [0.25, 0.3) is 5.91 Å². The van der Waals surface area contributed by atoms with E-state index < -0.39 is 5.60 Å². The summed E-state index contributed by atoms with van der Waals surface area (Å²) in [6.07, 6.45) is 6.27. The van der Waals surface area contributed by atoms with Gasteiger partial charge in [-0.25, -0.2) is 4.98 Å². The minimum absolute atomic E-state index is 0.137. The molecule has 178 valence electrons. The lowest BCUT2D eigenvalue weighted by molar-refractivity contribution is -0.143. The number of anilines is 1. The maximum Gasteiger partial charge on any atom is 0.254 e. The first-order chi connectivity index (χ1) is 16.9.